The van der Waals surface area contributed by atoms with Crippen LogP contribution in [0.25, 0.3) is 21.8 Å². The van der Waals surface area contributed by atoms with Crippen molar-refractivity contribution in [3.8, 4) is 5.75 Å². The van der Waals surface area contributed by atoms with Gasteiger partial charge in [0.25, 0.3) is 5.91 Å². The predicted octanol–water partition coefficient (Wildman–Crippen LogP) is 12.8. The Bertz CT molecular complexity index is 3940. The summed E-state index contributed by atoms with van der Waals surface area (Å²) in [6.07, 6.45) is 8.29. The minimum Gasteiger partial charge on any atom is -0.485 e. The van der Waals surface area contributed by atoms with Crippen molar-refractivity contribution in [1.29, 1.82) is 0 Å². The monoisotopic (exact) mass is 1100 g/mol. The molecule has 6 atom stereocenters. The van der Waals surface area contributed by atoms with E-state index < -0.39 is 42.3 Å². The number of pyridine rings is 2. The summed E-state index contributed by atoms with van der Waals surface area (Å²) in [5, 5.41) is 19.9. The number of amides is 3. The SMILES string of the molecule is CC(C)(C)c1ccc(N(Cc2c[nH]c3c(O[C@H]4Cc5ccccc5[C@H]4NC(=O)C(c4cccnc4)N(C(=O)c4cc5ccccc5[nH]4)c4ccc(C(C)(C)C)cc4)cccc23)C(C(=O)N[C@@H]2c3ccccc3C[C@@H]2O)c2cccnc2)cc1. The van der Waals surface area contributed by atoms with Crippen LogP contribution in [0, 0.1) is 0 Å². The van der Waals surface area contributed by atoms with Crippen LogP contribution in [-0.2, 0) is 39.8 Å². The highest BCUT2D eigenvalue weighted by molar-refractivity contribution is 6.11. The number of ether oxygens (including phenoxy) is 1. The molecule has 0 saturated heterocycles. The van der Waals surface area contributed by atoms with Crippen LogP contribution in [0.2, 0.25) is 0 Å². The summed E-state index contributed by atoms with van der Waals surface area (Å²) < 4.78 is 7.17. The Hall–Kier alpha value is -9.33. The van der Waals surface area contributed by atoms with Crippen molar-refractivity contribution >= 4 is 50.9 Å². The van der Waals surface area contributed by atoms with Crippen LogP contribution in [-0.4, -0.2) is 55.0 Å². The third-order valence-electron chi connectivity index (χ3n) is 16.5. The Morgan fingerprint density at radius 2 is 1.22 bits per heavy atom. The lowest BCUT2D eigenvalue weighted by molar-refractivity contribution is -0.124. The van der Waals surface area contributed by atoms with Crippen molar-refractivity contribution in [1.82, 2.24) is 30.6 Å². The van der Waals surface area contributed by atoms with E-state index in [1.807, 2.05) is 140 Å². The van der Waals surface area contributed by atoms with E-state index in [1.54, 1.807) is 35.8 Å². The largest absolute Gasteiger partial charge is 0.485 e. The number of nitrogens with zero attached hydrogens (tertiary/aromatic N) is 4. The number of hydrogen-bond donors (Lipinski definition) is 5. The fourth-order valence-corrected chi connectivity index (χ4v) is 12.1. The molecule has 6 aromatic carbocycles. The maximum absolute atomic E-state index is 15.7. The smallest absolute Gasteiger partial charge is 0.275 e. The molecule has 2 unspecified atom stereocenters. The van der Waals surface area contributed by atoms with Gasteiger partial charge in [-0.3, -0.25) is 29.3 Å². The number of carbonyl (C=O) groups excluding carboxylic acids is 3. The number of rotatable bonds is 15. The van der Waals surface area contributed by atoms with Gasteiger partial charge in [0.15, 0.2) is 0 Å². The maximum Gasteiger partial charge on any atom is 0.275 e. The maximum atomic E-state index is 15.7. The lowest BCUT2D eigenvalue weighted by Crippen LogP contribution is -2.47. The second kappa shape index (κ2) is 22.2. The second-order valence-electron chi connectivity index (χ2n) is 24.0. The number of aliphatic hydroxyl groups is 1. The number of aromatic amines is 2. The lowest BCUT2D eigenvalue weighted by atomic mass is 9.87. The Kier molecular flexibility index (Phi) is 14.5. The fourth-order valence-electron chi connectivity index (χ4n) is 12.1. The third-order valence-corrected chi connectivity index (χ3v) is 16.5. The lowest BCUT2D eigenvalue weighted by Gasteiger charge is -2.34. The molecule has 0 saturated carbocycles. The molecule has 10 aromatic rings. The van der Waals surface area contributed by atoms with Gasteiger partial charge >= 0.3 is 0 Å². The first kappa shape index (κ1) is 54.3. The van der Waals surface area contributed by atoms with Gasteiger partial charge in [0.2, 0.25) is 11.8 Å². The number of aromatic nitrogens is 4. The van der Waals surface area contributed by atoms with Crippen LogP contribution in [0.5, 0.6) is 5.75 Å². The second-order valence-corrected chi connectivity index (χ2v) is 24.0. The molecule has 5 N–H and O–H groups in total. The number of hydrogen-bond acceptors (Lipinski definition) is 8. The van der Waals surface area contributed by atoms with Gasteiger partial charge < -0.3 is 35.3 Å². The van der Waals surface area contributed by atoms with Gasteiger partial charge in [-0.15, -0.1) is 0 Å². The van der Waals surface area contributed by atoms with Crippen LogP contribution in [0.15, 0.2) is 201 Å². The molecule has 0 fully saturated rings. The van der Waals surface area contributed by atoms with Gasteiger partial charge in [0.1, 0.15) is 29.6 Å². The van der Waals surface area contributed by atoms with E-state index in [0.29, 0.717) is 47.6 Å². The average molecular weight is 1100 g/mol. The van der Waals surface area contributed by atoms with Crippen molar-refractivity contribution in [3.63, 3.8) is 0 Å². The first-order valence-corrected chi connectivity index (χ1v) is 28.5. The molecule has 13 heteroatoms. The van der Waals surface area contributed by atoms with Gasteiger partial charge in [-0.25, -0.2) is 0 Å². The Morgan fingerprint density at radius 3 is 1.86 bits per heavy atom. The van der Waals surface area contributed by atoms with E-state index in [4.69, 9.17) is 4.74 Å². The van der Waals surface area contributed by atoms with E-state index >= 15 is 14.4 Å². The zero-order valence-electron chi connectivity index (χ0n) is 47.5. The first-order chi connectivity index (χ1) is 40.1. The summed E-state index contributed by atoms with van der Waals surface area (Å²) >= 11 is 0. The number of benzene rings is 6. The molecule has 0 radical (unpaired) electrons. The molecule has 4 aromatic heterocycles. The van der Waals surface area contributed by atoms with E-state index in [9.17, 15) is 5.11 Å². The minimum atomic E-state index is -1.16. The molecule has 2 aliphatic rings. The Morgan fingerprint density at radius 1 is 0.639 bits per heavy atom. The average Bonchev–Trinajstić information content (AvgIpc) is 4.02. The van der Waals surface area contributed by atoms with Gasteiger partial charge in [-0.1, -0.05) is 157 Å². The molecule has 2 aliphatic carbocycles. The van der Waals surface area contributed by atoms with Crippen LogP contribution < -0.4 is 25.2 Å². The number of nitrogens with one attached hydrogen (secondary N) is 4. The molecule has 0 bridgehead atoms. The highest BCUT2D eigenvalue weighted by atomic mass is 16.5. The standard InChI is InChI=1S/C70H68N8O5/c1-69(2,3)49-26-30-51(31-27-49)77(64(46-19-14-34-71-39-46)66(80)75-61-53-21-10-7-16-43(53)37-58(61)79)42-48-41-73-62-55(48)23-13-25-59(62)83-60-38-44-17-8-11-22-54(44)63(60)76-67(81)65(47-20-15-35-72-40-47)78(52-32-28-50(29-33-52)70(4,5)6)68(82)57-36-45-18-9-12-24-56(45)74-57/h7-36,39-41,58,60-61,63-65,73-74,79H,37-38,42H2,1-6H3,(H,75,80)(H,76,81)/t58-,60-,61+,63+,64?,65?/m0/s1. The molecule has 83 heavy (non-hydrogen) atoms. The van der Waals surface area contributed by atoms with Crippen molar-refractivity contribution < 1.29 is 24.2 Å². The number of carbonyl (C=O) groups is 3. The van der Waals surface area contributed by atoms with E-state index in [-0.39, 0.29) is 22.6 Å². The third kappa shape index (κ3) is 10.9. The quantitative estimate of drug-likeness (QED) is 0.0676. The number of anilines is 2. The van der Waals surface area contributed by atoms with Crippen LogP contribution in [0.1, 0.15) is 126 Å². The summed E-state index contributed by atoms with van der Waals surface area (Å²) in [5.74, 6) is -0.479. The first-order valence-electron chi connectivity index (χ1n) is 28.5. The summed E-state index contributed by atoms with van der Waals surface area (Å²) in [4.78, 5) is 65.7. The van der Waals surface area contributed by atoms with E-state index in [0.717, 1.165) is 66.4 Å². The van der Waals surface area contributed by atoms with E-state index in [1.165, 1.54) is 0 Å². The normalized spacial score (nSPS) is 17.3. The highest BCUT2D eigenvalue weighted by Crippen LogP contribution is 2.41. The molecule has 3 amide bonds. The van der Waals surface area contributed by atoms with Crippen molar-refractivity contribution in [2.75, 3.05) is 9.80 Å². The highest BCUT2D eigenvalue weighted by Gasteiger charge is 2.42. The van der Waals surface area contributed by atoms with Crippen molar-refractivity contribution in [2.45, 2.75) is 108 Å². The number of H-pyrrole nitrogens is 2. The zero-order chi connectivity index (χ0) is 57.6. The Labute approximate surface area is 483 Å². The Balaban J connectivity index is 0.889. The van der Waals surface area contributed by atoms with Gasteiger partial charge in [0.05, 0.1) is 23.7 Å². The number of aliphatic hydroxyl groups excluding tert-OH is 1. The summed E-state index contributed by atoms with van der Waals surface area (Å²) in [5.41, 5.74) is 11.2. The van der Waals surface area contributed by atoms with Crippen LogP contribution in [0.4, 0.5) is 11.4 Å². The molecular formula is C70H68N8O5. The minimum absolute atomic E-state index is 0.108. The fraction of sp³-hybridized carbons (Fsp3) is 0.243. The number of para-hydroxylation sites is 2. The topological polar surface area (TPSA) is 169 Å². The molecule has 13 nitrogen and oxygen atoms in total. The van der Waals surface area contributed by atoms with E-state index in [2.05, 4.69) is 107 Å². The summed E-state index contributed by atoms with van der Waals surface area (Å²) in [6.45, 7) is 13.3. The summed E-state index contributed by atoms with van der Waals surface area (Å²) in [7, 11) is 0. The van der Waals surface area contributed by atoms with Crippen molar-refractivity contribution in [3.05, 3.63) is 257 Å². The summed E-state index contributed by atoms with van der Waals surface area (Å²) in [6, 6.07) is 51.8. The van der Waals surface area contributed by atoms with Gasteiger partial charge in [-0.2, -0.15) is 0 Å². The van der Waals surface area contributed by atoms with Crippen molar-refractivity contribution in [2.24, 2.45) is 0 Å². The molecule has 0 spiro atoms. The molecule has 12 rings (SSSR count). The van der Waals surface area contributed by atoms with Crippen LogP contribution in [0.3, 0.4) is 0 Å². The zero-order valence-corrected chi connectivity index (χ0v) is 47.5. The molecule has 418 valence electrons. The number of fused-ring (bicyclic) bond motifs is 4. The molecule has 4 heterocycles. The van der Waals surface area contributed by atoms with Crippen LogP contribution >= 0.6 is 0 Å². The molecule has 0 aliphatic heterocycles. The predicted molar refractivity (Wildman–Crippen MR) is 326 cm³/mol. The molecular weight excluding hydrogens is 1030 g/mol. The van der Waals surface area contributed by atoms with Gasteiger partial charge in [0, 0.05) is 89.2 Å². The van der Waals surface area contributed by atoms with Gasteiger partial charge in [-0.05, 0) is 104 Å².